The summed E-state index contributed by atoms with van der Waals surface area (Å²) in [4.78, 5) is 23.7. The molecule has 5 nitrogen and oxygen atoms in total. The normalized spacial score (nSPS) is 14.9. The van der Waals surface area contributed by atoms with Gasteiger partial charge in [-0.2, -0.15) is 0 Å². The van der Waals surface area contributed by atoms with Crippen LogP contribution in [0.25, 0.3) is 0 Å². The Labute approximate surface area is 94.7 Å². The molecule has 90 valence electrons. The van der Waals surface area contributed by atoms with Crippen LogP contribution in [-0.4, -0.2) is 42.1 Å². The summed E-state index contributed by atoms with van der Waals surface area (Å²) in [5.41, 5.74) is 0.670. The van der Waals surface area contributed by atoms with E-state index in [0.717, 1.165) is 12.8 Å². The second-order valence-electron chi connectivity index (χ2n) is 3.84. The van der Waals surface area contributed by atoms with E-state index in [1.165, 1.54) is 6.26 Å². The molecule has 0 atom stereocenters. The lowest BCUT2D eigenvalue weighted by atomic mass is 10.1. The van der Waals surface area contributed by atoms with Crippen molar-refractivity contribution in [2.45, 2.75) is 25.7 Å². The van der Waals surface area contributed by atoms with Crippen LogP contribution in [0.15, 0.2) is 11.8 Å². The highest BCUT2D eigenvalue weighted by Crippen LogP contribution is 2.14. The van der Waals surface area contributed by atoms with Gasteiger partial charge in [-0.1, -0.05) is 0 Å². The van der Waals surface area contributed by atoms with E-state index in [2.05, 4.69) is 0 Å². The number of carbonyl (C=O) groups excluding carboxylic acids is 1. The zero-order chi connectivity index (χ0) is 12.0. The van der Waals surface area contributed by atoms with Crippen LogP contribution in [0.4, 0.5) is 0 Å². The largest absolute Gasteiger partial charge is 0.501 e. The van der Waals surface area contributed by atoms with Crippen LogP contribution < -0.4 is 0 Å². The van der Waals surface area contributed by atoms with Gasteiger partial charge >= 0.3 is 5.97 Å². The van der Waals surface area contributed by atoms with Gasteiger partial charge in [0.2, 0.25) is 0 Å². The molecule has 5 heteroatoms. The maximum Gasteiger partial charge on any atom is 0.303 e. The lowest BCUT2D eigenvalue weighted by Gasteiger charge is -2.20. The molecule has 1 heterocycles. The van der Waals surface area contributed by atoms with E-state index in [0.29, 0.717) is 25.1 Å². The van der Waals surface area contributed by atoms with Crippen molar-refractivity contribution in [1.82, 2.24) is 4.90 Å². The maximum absolute atomic E-state index is 11.8. The summed E-state index contributed by atoms with van der Waals surface area (Å²) in [6, 6.07) is 0. The Bertz CT molecular complexity index is 298. The number of aliphatic carboxylic acids is 1. The fourth-order valence-corrected chi connectivity index (χ4v) is 1.54. The monoisotopic (exact) mass is 227 g/mol. The number of carbonyl (C=O) groups is 2. The van der Waals surface area contributed by atoms with Crippen LogP contribution in [0, 0.1) is 0 Å². The van der Waals surface area contributed by atoms with Crippen LogP contribution in [0.1, 0.15) is 25.7 Å². The number of likely N-dealkylation sites (N-methyl/N-ethyl adjacent to an activating group) is 1. The van der Waals surface area contributed by atoms with Crippen molar-refractivity contribution < 1.29 is 19.4 Å². The first-order valence-corrected chi connectivity index (χ1v) is 5.39. The van der Waals surface area contributed by atoms with E-state index in [4.69, 9.17) is 9.84 Å². The predicted octanol–water partition coefficient (Wildman–Crippen LogP) is 1.00. The molecule has 1 aliphatic heterocycles. The minimum atomic E-state index is -0.832. The molecule has 0 bridgehead atoms. The minimum Gasteiger partial charge on any atom is -0.501 e. The van der Waals surface area contributed by atoms with Crippen molar-refractivity contribution in [3.63, 3.8) is 0 Å². The Kier molecular flexibility index (Phi) is 4.82. The average Bonchev–Trinajstić information content (AvgIpc) is 2.28. The number of carboxylic acids is 1. The molecule has 1 amide bonds. The molecular weight excluding hydrogens is 210 g/mol. The summed E-state index contributed by atoms with van der Waals surface area (Å²) in [6.45, 7) is 1.13. The fraction of sp³-hybridized carbons (Fsp3) is 0.636. The van der Waals surface area contributed by atoms with Crippen molar-refractivity contribution in [2.24, 2.45) is 0 Å². The van der Waals surface area contributed by atoms with Gasteiger partial charge in [-0.3, -0.25) is 9.59 Å². The second-order valence-corrected chi connectivity index (χ2v) is 3.84. The van der Waals surface area contributed by atoms with Crippen LogP contribution >= 0.6 is 0 Å². The van der Waals surface area contributed by atoms with Gasteiger partial charge in [-0.15, -0.1) is 0 Å². The topological polar surface area (TPSA) is 66.8 Å². The molecule has 0 unspecified atom stereocenters. The zero-order valence-corrected chi connectivity index (χ0v) is 9.44. The smallest absolute Gasteiger partial charge is 0.303 e. The molecule has 0 radical (unpaired) electrons. The van der Waals surface area contributed by atoms with Crippen LogP contribution in [0.5, 0.6) is 0 Å². The summed E-state index contributed by atoms with van der Waals surface area (Å²) < 4.78 is 5.09. The number of rotatable bonds is 5. The average molecular weight is 227 g/mol. The van der Waals surface area contributed by atoms with Crippen LogP contribution in [-0.2, 0) is 14.3 Å². The summed E-state index contributed by atoms with van der Waals surface area (Å²) in [6.07, 6.45) is 3.68. The third kappa shape index (κ3) is 3.92. The molecule has 0 saturated carbocycles. The quantitative estimate of drug-likeness (QED) is 0.761. The minimum absolute atomic E-state index is 0.0647. The van der Waals surface area contributed by atoms with E-state index >= 15 is 0 Å². The predicted molar refractivity (Wildman–Crippen MR) is 57.8 cm³/mol. The lowest BCUT2D eigenvalue weighted by molar-refractivity contribution is -0.137. The fourth-order valence-electron chi connectivity index (χ4n) is 1.54. The first-order chi connectivity index (χ1) is 7.61. The number of nitrogens with zero attached hydrogens (tertiary/aromatic N) is 1. The van der Waals surface area contributed by atoms with E-state index in [9.17, 15) is 9.59 Å². The van der Waals surface area contributed by atoms with Gasteiger partial charge in [-0.25, -0.2) is 0 Å². The molecule has 0 aromatic carbocycles. The van der Waals surface area contributed by atoms with Crippen molar-refractivity contribution in [3.8, 4) is 0 Å². The Hall–Kier alpha value is -1.52. The summed E-state index contributed by atoms with van der Waals surface area (Å²) in [5, 5.41) is 8.48. The molecule has 0 aliphatic carbocycles. The highest BCUT2D eigenvalue weighted by Gasteiger charge is 2.17. The van der Waals surface area contributed by atoms with Crippen molar-refractivity contribution in [3.05, 3.63) is 11.8 Å². The van der Waals surface area contributed by atoms with Gasteiger partial charge in [0, 0.05) is 20.0 Å². The Morgan fingerprint density at radius 3 is 2.88 bits per heavy atom. The highest BCUT2D eigenvalue weighted by atomic mass is 16.5. The number of amides is 1. The summed E-state index contributed by atoms with van der Waals surface area (Å²) in [7, 11) is 1.68. The molecule has 1 N–H and O–H groups in total. The lowest BCUT2D eigenvalue weighted by Crippen LogP contribution is -2.30. The number of carboxylic acid groups (broad SMARTS) is 1. The highest BCUT2D eigenvalue weighted by molar-refractivity contribution is 5.93. The molecule has 0 aromatic heterocycles. The van der Waals surface area contributed by atoms with Gasteiger partial charge in [0.25, 0.3) is 5.91 Å². The van der Waals surface area contributed by atoms with Crippen LogP contribution in [0.2, 0.25) is 0 Å². The van der Waals surface area contributed by atoms with E-state index in [-0.39, 0.29) is 12.3 Å². The Morgan fingerprint density at radius 1 is 1.56 bits per heavy atom. The van der Waals surface area contributed by atoms with Gasteiger partial charge in [0.1, 0.15) is 0 Å². The van der Waals surface area contributed by atoms with Crippen molar-refractivity contribution in [2.75, 3.05) is 20.2 Å². The number of hydrogen-bond donors (Lipinski definition) is 1. The standard InChI is InChI=1S/C11H17NO4/c1-12(6-2-5-10(13)14)11(15)9-4-3-7-16-8-9/h8H,2-7H2,1H3,(H,13,14). The van der Waals surface area contributed by atoms with E-state index in [1.54, 1.807) is 11.9 Å². The molecular formula is C11H17NO4. The molecule has 0 spiro atoms. The molecule has 16 heavy (non-hydrogen) atoms. The number of hydrogen-bond acceptors (Lipinski definition) is 3. The number of ether oxygens (including phenoxy) is 1. The maximum atomic E-state index is 11.8. The Balaban J connectivity index is 2.35. The first kappa shape index (κ1) is 12.5. The van der Waals surface area contributed by atoms with Gasteiger partial charge in [0.15, 0.2) is 0 Å². The van der Waals surface area contributed by atoms with Gasteiger partial charge < -0.3 is 14.7 Å². The third-order valence-corrected chi connectivity index (χ3v) is 2.44. The van der Waals surface area contributed by atoms with E-state index in [1.807, 2.05) is 0 Å². The third-order valence-electron chi connectivity index (χ3n) is 2.44. The summed E-state index contributed by atoms with van der Waals surface area (Å²) in [5.74, 6) is -0.897. The first-order valence-electron chi connectivity index (χ1n) is 5.39. The molecule has 0 saturated heterocycles. The molecule has 0 aromatic rings. The second kappa shape index (κ2) is 6.15. The van der Waals surface area contributed by atoms with Crippen molar-refractivity contribution >= 4 is 11.9 Å². The molecule has 1 rings (SSSR count). The molecule has 0 fully saturated rings. The summed E-state index contributed by atoms with van der Waals surface area (Å²) >= 11 is 0. The SMILES string of the molecule is CN(CCCC(=O)O)C(=O)C1=COCCC1. The Morgan fingerprint density at radius 2 is 2.31 bits per heavy atom. The van der Waals surface area contributed by atoms with Crippen molar-refractivity contribution in [1.29, 1.82) is 0 Å². The van der Waals surface area contributed by atoms with Crippen LogP contribution in [0.3, 0.4) is 0 Å². The van der Waals surface area contributed by atoms with Gasteiger partial charge in [0.05, 0.1) is 18.4 Å². The molecule has 1 aliphatic rings. The van der Waals surface area contributed by atoms with E-state index < -0.39 is 5.97 Å². The van der Waals surface area contributed by atoms with Gasteiger partial charge in [-0.05, 0) is 19.3 Å². The zero-order valence-electron chi connectivity index (χ0n) is 9.44.